The maximum Gasteiger partial charge on any atom is 0.236 e. The molecule has 98 valence electrons. The Bertz CT molecular complexity index is 436. The number of halogens is 1. The van der Waals surface area contributed by atoms with E-state index in [2.05, 4.69) is 10.2 Å². The number of nitrogens with one attached hydrogen (secondary N) is 1. The molecule has 0 aliphatic carbocycles. The van der Waals surface area contributed by atoms with E-state index in [1.165, 1.54) is 0 Å². The van der Waals surface area contributed by atoms with Crippen molar-refractivity contribution in [2.75, 3.05) is 18.0 Å². The summed E-state index contributed by atoms with van der Waals surface area (Å²) in [5.74, 6) is -0.0899. The lowest BCUT2D eigenvalue weighted by molar-refractivity contribution is -0.122. The maximum atomic E-state index is 11.5. The number of hydrogen-bond acceptors (Lipinski definition) is 3. The zero-order valence-electron chi connectivity index (χ0n) is 10.4. The molecule has 0 radical (unpaired) electrons. The molecule has 2 unspecified atom stereocenters. The molecule has 1 amide bonds. The molecule has 1 aromatic rings. The van der Waals surface area contributed by atoms with Crippen LogP contribution in [0.4, 0.5) is 5.69 Å². The van der Waals surface area contributed by atoms with Gasteiger partial charge in [0, 0.05) is 29.8 Å². The lowest BCUT2D eigenvalue weighted by Gasteiger charge is -2.19. The van der Waals surface area contributed by atoms with Gasteiger partial charge in [0.1, 0.15) is 0 Å². The highest BCUT2D eigenvalue weighted by atomic mass is 35.5. The van der Waals surface area contributed by atoms with Crippen LogP contribution in [-0.2, 0) is 4.79 Å². The monoisotopic (exact) mass is 267 g/mol. The number of carbonyl (C=O) groups is 1. The summed E-state index contributed by atoms with van der Waals surface area (Å²) < 4.78 is 0. The summed E-state index contributed by atoms with van der Waals surface area (Å²) in [7, 11) is 0. The van der Waals surface area contributed by atoms with Gasteiger partial charge in [-0.3, -0.25) is 4.79 Å². The second kappa shape index (κ2) is 5.59. The maximum absolute atomic E-state index is 11.5. The van der Waals surface area contributed by atoms with Crippen molar-refractivity contribution in [1.29, 1.82) is 0 Å². The van der Waals surface area contributed by atoms with Gasteiger partial charge in [0.2, 0.25) is 5.91 Å². The normalized spacial score (nSPS) is 20.8. The summed E-state index contributed by atoms with van der Waals surface area (Å²) in [6.07, 6.45) is 0.935. The van der Waals surface area contributed by atoms with Crippen molar-refractivity contribution in [2.24, 2.45) is 5.73 Å². The van der Waals surface area contributed by atoms with Gasteiger partial charge >= 0.3 is 0 Å². The fraction of sp³-hybridized carbons (Fsp3) is 0.462. The Kier molecular flexibility index (Phi) is 4.09. The number of rotatable bonds is 3. The Labute approximate surface area is 112 Å². The van der Waals surface area contributed by atoms with Crippen molar-refractivity contribution in [3.05, 3.63) is 29.3 Å². The lowest BCUT2D eigenvalue weighted by atomic mass is 10.2. The van der Waals surface area contributed by atoms with Crippen LogP contribution in [-0.4, -0.2) is 31.1 Å². The van der Waals surface area contributed by atoms with E-state index in [4.69, 9.17) is 17.3 Å². The largest absolute Gasteiger partial charge is 0.369 e. The number of anilines is 1. The van der Waals surface area contributed by atoms with Gasteiger partial charge in [-0.25, -0.2) is 0 Å². The van der Waals surface area contributed by atoms with Crippen LogP contribution in [0.15, 0.2) is 24.3 Å². The quantitative estimate of drug-likeness (QED) is 0.870. The van der Waals surface area contributed by atoms with Crippen molar-refractivity contribution >= 4 is 23.2 Å². The molecule has 1 aliphatic heterocycles. The van der Waals surface area contributed by atoms with Crippen molar-refractivity contribution in [1.82, 2.24) is 5.32 Å². The summed E-state index contributed by atoms with van der Waals surface area (Å²) in [6.45, 7) is 3.42. The van der Waals surface area contributed by atoms with Crippen LogP contribution in [0.3, 0.4) is 0 Å². The first kappa shape index (κ1) is 13.2. The molecule has 5 heteroatoms. The van der Waals surface area contributed by atoms with E-state index in [1.807, 2.05) is 24.3 Å². The molecule has 0 saturated carbocycles. The third-order valence-corrected chi connectivity index (χ3v) is 3.36. The SMILES string of the molecule is CC(N)C(=O)NC1CCN(c2cccc(Cl)c2)C1. The molecule has 2 rings (SSSR count). The first-order chi connectivity index (χ1) is 8.56. The summed E-state index contributed by atoms with van der Waals surface area (Å²) in [6, 6.07) is 7.48. The third kappa shape index (κ3) is 3.15. The Morgan fingerprint density at radius 3 is 3.06 bits per heavy atom. The molecule has 3 N–H and O–H groups in total. The Morgan fingerprint density at radius 1 is 1.61 bits per heavy atom. The second-order valence-electron chi connectivity index (χ2n) is 4.71. The average molecular weight is 268 g/mol. The molecule has 1 heterocycles. The summed E-state index contributed by atoms with van der Waals surface area (Å²) in [4.78, 5) is 13.7. The van der Waals surface area contributed by atoms with E-state index in [9.17, 15) is 4.79 Å². The fourth-order valence-electron chi connectivity index (χ4n) is 2.12. The van der Waals surface area contributed by atoms with Crippen LogP contribution < -0.4 is 16.0 Å². The molecule has 2 atom stereocenters. The van der Waals surface area contributed by atoms with Gasteiger partial charge in [0.15, 0.2) is 0 Å². The van der Waals surface area contributed by atoms with Gasteiger partial charge in [0.25, 0.3) is 0 Å². The van der Waals surface area contributed by atoms with Gasteiger partial charge in [-0.05, 0) is 31.5 Å². The predicted octanol–water partition coefficient (Wildman–Crippen LogP) is 1.38. The second-order valence-corrected chi connectivity index (χ2v) is 5.15. The van der Waals surface area contributed by atoms with Crippen molar-refractivity contribution in [2.45, 2.75) is 25.4 Å². The Morgan fingerprint density at radius 2 is 2.39 bits per heavy atom. The van der Waals surface area contributed by atoms with Crippen LogP contribution in [0.25, 0.3) is 0 Å². The fourth-order valence-corrected chi connectivity index (χ4v) is 2.30. The highest BCUT2D eigenvalue weighted by molar-refractivity contribution is 6.30. The molecular formula is C13H18ClN3O. The molecule has 1 aromatic carbocycles. The van der Waals surface area contributed by atoms with Gasteiger partial charge in [-0.2, -0.15) is 0 Å². The third-order valence-electron chi connectivity index (χ3n) is 3.12. The van der Waals surface area contributed by atoms with E-state index in [-0.39, 0.29) is 11.9 Å². The van der Waals surface area contributed by atoms with E-state index in [0.717, 1.165) is 30.2 Å². The van der Waals surface area contributed by atoms with Crippen LogP contribution in [0, 0.1) is 0 Å². The number of nitrogens with two attached hydrogens (primary N) is 1. The summed E-state index contributed by atoms with van der Waals surface area (Å²) in [5.41, 5.74) is 6.63. The zero-order valence-corrected chi connectivity index (χ0v) is 11.2. The topological polar surface area (TPSA) is 58.4 Å². The Hall–Kier alpha value is -1.26. The van der Waals surface area contributed by atoms with E-state index in [1.54, 1.807) is 6.92 Å². The lowest BCUT2D eigenvalue weighted by Crippen LogP contribution is -2.44. The van der Waals surface area contributed by atoms with Crippen LogP contribution in [0.5, 0.6) is 0 Å². The van der Waals surface area contributed by atoms with Crippen LogP contribution in [0.1, 0.15) is 13.3 Å². The number of amides is 1. The van der Waals surface area contributed by atoms with Gasteiger partial charge < -0.3 is 16.0 Å². The molecular weight excluding hydrogens is 250 g/mol. The van der Waals surface area contributed by atoms with Gasteiger partial charge in [-0.1, -0.05) is 17.7 Å². The highest BCUT2D eigenvalue weighted by Gasteiger charge is 2.24. The van der Waals surface area contributed by atoms with Crippen molar-refractivity contribution in [3.8, 4) is 0 Å². The molecule has 0 bridgehead atoms. The van der Waals surface area contributed by atoms with Gasteiger partial charge in [0.05, 0.1) is 6.04 Å². The minimum Gasteiger partial charge on any atom is -0.369 e. The average Bonchev–Trinajstić information content (AvgIpc) is 2.77. The van der Waals surface area contributed by atoms with E-state index < -0.39 is 6.04 Å². The Balaban J connectivity index is 1.94. The molecule has 1 fully saturated rings. The number of nitrogens with zero attached hydrogens (tertiary/aromatic N) is 1. The minimum atomic E-state index is -0.454. The first-order valence-electron chi connectivity index (χ1n) is 6.13. The summed E-state index contributed by atoms with van der Waals surface area (Å²) in [5, 5.41) is 3.69. The molecule has 0 aromatic heterocycles. The van der Waals surface area contributed by atoms with E-state index in [0.29, 0.717) is 0 Å². The number of benzene rings is 1. The first-order valence-corrected chi connectivity index (χ1v) is 6.50. The van der Waals surface area contributed by atoms with Crippen LogP contribution in [0.2, 0.25) is 5.02 Å². The molecule has 4 nitrogen and oxygen atoms in total. The van der Waals surface area contributed by atoms with Crippen molar-refractivity contribution < 1.29 is 4.79 Å². The van der Waals surface area contributed by atoms with Gasteiger partial charge in [-0.15, -0.1) is 0 Å². The smallest absolute Gasteiger partial charge is 0.236 e. The highest BCUT2D eigenvalue weighted by Crippen LogP contribution is 2.23. The number of hydrogen-bond donors (Lipinski definition) is 2. The molecule has 1 aliphatic rings. The number of carbonyl (C=O) groups excluding carboxylic acids is 1. The summed E-state index contributed by atoms with van der Waals surface area (Å²) >= 11 is 5.97. The van der Waals surface area contributed by atoms with Crippen LogP contribution >= 0.6 is 11.6 Å². The minimum absolute atomic E-state index is 0.0899. The molecule has 18 heavy (non-hydrogen) atoms. The standard InChI is InChI=1S/C13H18ClN3O/c1-9(15)13(18)16-11-5-6-17(8-11)12-4-2-3-10(14)7-12/h2-4,7,9,11H,5-6,8,15H2,1H3,(H,16,18). The van der Waals surface area contributed by atoms with Crippen molar-refractivity contribution in [3.63, 3.8) is 0 Å². The molecule has 1 saturated heterocycles. The zero-order chi connectivity index (χ0) is 13.1. The van der Waals surface area contributed by atoms with E-state index >= 15 is 0 Å². The molecule has 0 spiro atoms. The predicted molar refractivity (Wildman–Crippen MR) is 73.9 cm³/mol.